The number of nitrogens with two attached hydrogens (primary N) is 1. The molecule has 0 aromatic heterocycles. The van der Waals surface area contributed by atoms with Crippen LogP contribution in [0, 0.1) is 0 Å². The Morgan fingerprint density at radius 3 is 2.40 bits per heavy atom. The first-order chi connectivity index (χ1) is 9.13. The van der Waals surface area contributed by atoms with Gasteiger partial charge in [-0.2, -0.15) is 4.31 Å². The predicted molar refractivity (Wildman–Crippen MR) is 79.5 cm³/mol. The zero-order valence-electron chi connectivity index (χ0n) is 10.9. The van der Waals surface area contributed by atoms with Crippen LogP contribution in [0.4, 0.5) is 5.69 Å². The highest BCUT2D eigenvalue weighted by atomic mass is 35.5. The van der Waals surface area contributed by atoms with Crippen molar-refractivity contribution in [2.75, 3.05) is 18.8 Å². The number of piperidine rings is 1. The van der Waals surface area contributed by atoms with Gasteiger partial charge < -0.3 is 10.8 Å². The van der Waals surface area contributed by atoms with Gasteiger partial charge in [0.1, 0.15) is 4.90 Å². The molecular weight excluding hydrogens is 323 g/mol. The Balaban J connectivity index is 2.46. The summed E-state index contributed by atoms with van der Waals surface area (Å²) in [6.45, 7) is 1.96. The van der Waals surface area contributed by atoms with Crippen molar-refractivity contribution in [3.63, 3.8) is 0 Å². The minimum atomic E-state index is -3.86. The average molecular weight is 339 g/mol. The molecule has 2 rings (SSSR count). The van der Waals surface area contributed by atoms with Crippen molar-refractivity contribution >= 4 is 38.9 Å². The highest BCUT2D eigenvalue weighted by molar-refractivity contribution is 7.89. The molecule has 0 amide bonds. The maximum atomic E-state index is 12.6. The van der Waals surface area contributed by atoms with E-state index in [0.717, 1.165) is 0 Å². The van der Waals surface area contributed by atoms with E-state index in [4.69, 9.17) is 28.9 Å². The van der Waals surface area contributed by atoms with Gasteiger partial charge in [-0.3, -0.25) is 0 Å². The van der Waals surface area contributed by atoms with Crippen molar-refractivity contribution in [1.82, 2.24) is 4.31 Å². The first-order valence-electron chi connectivity index (χ1n) is 6.10. The number of rotatable bonds is 2. The van der Waals surface area contributed by atoms with E-state index in [1.807, 2.05) is 0 Å². The van der Waals surface area contributed by atoms with Gasteiger partial charge >= 0.3 is 0 Å². The largest absolute Gasteiger partial charge is 0.399 e. The highest BCUT2D eigenvalue weighted by Gasteiger charge is 2.37. The van der Waals surface area contributed by atoms with Gasteiger partial charge in [0.05, 0.1) is 15.6 Å². The predicted octanol–water partition coefficient (Wildman–Crippen LogP) is 2.11. The summed E-state index contributed by atoms with van der Waals surface area (Å²) in [5.74, 6) is 0. The molecule has 20 heavy (non-hydrogen) atoms. The number of halogens is 2. The van der Waals surface area contributed by atoms with E-state index < -0.39 is 15.6 Å². The van der Waals surface area contributed by atoms with E-state index in [2.05, 4.69) is 0 Å². The van der Waals surface area contributed by atoms with Crippen molar-refractivity contribution in [2.45, 2.75) is 30.3 Å². The minimum absolute atomic E-state index is 0.0137. The molecule has 1 fully saturated rings. The maximum absolute atomic E-state index is 12.6. The van der Waals surface area contributed by atoms with Crippen LogP contribution in [0.1, 0.15) is 19.8 Å². The number of benzene rings is 1. The van der Waals surface area contributed by atoms with Crippen molar-refractivity contribution < 1.29 is 13.5 Å². The molecule has 8 heteroatoms. The number of hydrogen-bond acceptors (Lipinski definition) is 4. The average Bonchev–Trinajstić information content (AvgIpc) is 2.25. The molecule has 1 atom stereocenters. The number of aliphatic hydroxyl groups is 1. The van der Waals surface area contributed by atoms with Crippen LogP contribution in [0.25, 0.3) is 0 Å². The van der Waals surface area contributed by atoms with E-state index in [1.54, 1.807) is 6.92 Å². The first-order valence-corrected chi connectivity index (χ1v) is 8.30. The molecule has 0 bridgehead atoms. The Hall–Kier alpha value is -0.530. The second kappa shape index (κ2) is 5.35. The van der Waals surface area contributed by atoms with Crippen LogP contribution in [-0.4, -0.2) is 36.5 Å². The van der Waals surface area contributed by atoms with Crippen molar-refractivity contribution in [3.8, 4) is 0 Å². The molecule has 1 aromatic carbocycles. The SMILES string of the molecule is CC1(O)CCCN(S(=O)(=O)c2c(Cl)cc(N)cc2Cl)C1. The normalized spacial score (nSPS) is 24.8. The molecule has 1 aromatic rings. The van der Waals surface area contributed by atoms with E-state index in [1.165, 1.54) is 16.4 Å². The quantitative estimate of drug-likeness (QED) is 0.809. The summed E-state index contributed by atoms with van der Waals surface area (Å²) >= 11 is 12.0. The molecule has 1 aliphatic heterocycles. The molecule has 0 spiro atoms. The van der Waals surface area contributed by atoms with Crippen LogP contribution in [0.2, 0.25) is 10.0 Å². The third-order valence-electron chi connectivity index (χ3n) is 3.26. The lowest BCUT2D eigenvalue weighted by atomic mass is 9.97. The smallest absolute Gasteiger partial charge is 0.246 e. The van der Waals surface area contributed by atoms with Gasteiger partial charge in [0.2, 0.25) is 10.0 Å². The summed E-state index contributed by atoms with van der Waals surface area (Å²) in [6, 6.07) is 2.70. The summed E-state index contributed by atoms with van der Waals surface area (Å²) in [6.07, 6.45) is 1.14. The zero-order chi connectivity index (χ0) is 15.1. The van der Waals surface area contributed by atoms with E-state index in [0.29, 0.717) is 25.1 Å². The second-order valence-electron chi connectivity index (χ2n) is 5.25. The van der Waals surface area contributed by atoms with E-state index in [-0.39, 0.29) is 21.5 Å². The van der Waals surface area contributed by atoms with Gasteiger partial charge in [-0.1, -0.05) is 23.2 Å². The Morgan fingerprint density at radius 2 is 1.90 bits per heavy atom. The van der Waals surface area contributed by atoms with Crippen LogP contribution in [-0.2, 0) is 10.0 Å². The lowest BCUT2D eigenvalue weighted by Crippen LogP contribution is -2.48. The minimum Gasteiger partial charge on any atom is -0.399 e. The molecule has 0 aliphatic carbocycles. The Labute approximate surface area is 128 Å². The molecule has 112 valence electrons. The summed E-state index contributed by atoms with van der Waals surface area (Å²) in [5.41, 5.74) is 4.83. The van der Waals surface area contributed by atoms with Gasteiger partial charge in [0.15, 0.2) is 0 Å². The highest BCUT2D eigenvalue weighted by Crippen LogP contribution is 2.35. The number of hydrogen-bond donors (Lipinski definition) is 2. The molecule has 5 nitrogen and oxygen atoms in total. The van der Waals surface area contributed by atoms with Gasteiger partial charge in [-0.05, 0) is 31.9 Å². The molecule has 3 N–H and O–H groups in total. The van der Waals surface area contributed by atoms with Crippen LogP contribution < -0.4 is 5.73 Å². The molecule has 1 saturated heterocycles. The van der Waals surface area contributed by atoms with Crippen LogP contribution in [0.5, 0.6) is 0 Å². The summed E-state index contributed by atoms with van der Waals surface area (Å²) in [5, 5.41) is 10.0. The van der Waals surface area contributed by atoms with Crippen LogP contribution in [0.3, 0.4) is 0 Å². The Morgan fingerprint density at radius 1 is 1.35 bits per heavy atom. The monoisotopic (exact) mass is 338 g/mol. The molecular formula is C12H16Cl2N2O3S. The number of anilines is 1. The van der Waals surface area contributed by atoms with E-state index in [9.17, 15) is 13.5 Å². The molecule has 1 heterocycles. The maximum Gasteiger partial charge on any atom is 0.246 e. The van der Waals surface area contributed by atoms with Gasteiger partial charge in [0.25, 0.3) is 0 Å². The third-order valence-corrected chi connectivity index (χ3v) is 6.03. The molecule has 1 aliphatic rings. The Bertz CT molecular complexity index is 609. The third kappa shape index (κ3) is 3.04. The second-order valence-corrected chi connectivity index (χ2v) is 7.94. The van der Waals surface area contributed by atoms with Crippen LogP contribution >= 0.6 is 23.2 Å². The number of sulfonamides is 1. The fourth-order valence-corrected chi connectivity index (χ4v) is 5.11. The molecule has 1 unspecified atom stereocenters. The van der Waals surface area contributed by atoms with Gasteiger partial charge in [0, 0.05) is 18.8 Å². The molecule has 0 radical (unpaired) electrons. The number of nitrogen functional groups attached to an aromatic ring is 1. The number of β-amino-alcohol motifs (C(OH)–C–C–N with tert-alkyl or cyclic N) is 1. The lowest BCUT2D eigenvalue weighted by molar-refractivity contribution is 0.00940. The van der Waals surface area contributed by atoms with Crippen molar-refractivity contribution in [3.05, 3.63) is 22.2 Å². The number of nitrogens with zero attached hydrogens (tertiary/aromatic N) is 1. The lowest BCUT2D eigenvalue weighted by Gasteiger charge is -2.36. The fraction of sp³-hybridized carbons (Fsp3) is 0.500. The topological polar surface area (TPSA) is 83.6 Å². The van der Waals surface area contributed by atoms with Crippen molar-refractivity contribution in [2.24, 2.45) is 0 Å². The van der Waals surface area contributed by atoms with Crippen LogP contribution in [0.15, 0.2) is 17.0 Å². The van der Waals surface area contributed by atoms with Gasteiger partial charge in [-0.25, -0.2) is 8.42 Å². The fourth-order valence-electron chi connectivity index (χ4n) is 2.33. The summed E-state index contributed by atoms with van der Waals surface area (Å²) < 4.78 is 26.5. The standard InChI is InChI=1S/C12H16Cl2N2O3S/c1-12(17)3-2-4-16(7-12)20(18,19)11-9(13)5-8(15)6-10(11)14/h5-6,17H,2-4,7,15H2,1H3. The summed E-state index contributed by atoms with van der Waals surface area (Å²) in [4.78, 5) is -0.160. The van der Waals surface area contributed by atoms with Crippen molar-refractivity contribution in [1.29, 1.82) is 0 Å². The van der Waals surface area contributed by atoms with E-state index >= 15 is 0 Å². The first kappa shape index (κ1) is 15.9. The summed E-state index contributed by atoms with van der Waals surface area (Å²) in [7, 11) is -3.86. The zero-order valence-corrected chi connectivity index (χ0v) is 13.3. The molecule has 0 saturated carbocycles. The van der Waals surface area contributed by atoms with Gasteiger partial charge in [-0.15, -0.1) is 0 Å². The Kier molecular flexibility index (Phi) is 4.24.